The highest BCUT2D eigenvalue weighted by atomic mass is 35.5. The van der Waals surface area contributed by atoms with Crippen LogP contribution < -0.4 is 10.0 Å². The summed E-state index contributed by atoms with van der Waals surface area (Å²) >= 11 is 6.01. The SMILES string of the molecule is CCNc1ncc(S(=O)(=O)Nc2cc(C)ccn2)cc1Cl. The summed E-state index contributed by atoms with van der Waals surface area (Å²) in [6.45, 7) is 4.39. The van der Waals surface area contributed by atoms with Gasteiger partial charge in [-0.1, -0.05) is 11.6 Å². The fourth-order valence-corrected chi connectivity index (χ4v) is 2.92. The molecule has 2 rings (SSSR count). The average Bonchev–Trinajstić information content (AvgIpc) is 2.40. The molecule has 0 aliphatic rings. The molecule has 0 spiro atoms. The highest BCUT2D eigenvalue weighted by molar-refractivity contribution is 7.92. The number of pyridine rings is 2. The zero-order chi connectivity index (χ0) is 15.5. The molecule has 0 aliphatic carbocycles. The molecule has 2 heterocycles. The summed E-state index contributed by atoms with van der Waals surface area (Å²) in [6.07, 6.45) is 2.79. The number of nitrogens with one attached hydrogen (secondary N) is 2. The summed E-state index contributed by atoms with van der Waals surface area (Å²) in [6, 6.07) is 4.77. The zero-order valence-corrected chi connectivity index (χ0v) is 13.2. The lowest BCUT2D eigenvalue weighted by molar-refractivity contribution is 0.600. The molecule has 0 amide bonds. The predicted molar refractivity (Wildman–Crippen MR) is 83.2 cm³/mol. The standard InChI is InChI=1S/C13H15ClN4O2S/c1-3-15-13-11(14)7-10(8-17-13)21(19,20)18-12-6-9(2)4-5-16-12/h4-8H,3H2,1-2H3,(H,15,17)(H,16,18). The molecule has 0 aliphatic heterocycles. The van der Waals surface area contributed by atoms with Gasteiger partial charge in [0, 0.05) is 18.9 Å². The van der Waals surface area contributed by atoms with Crippen LogP contribution in [-0.2, 0) is 10.0 Å². The van der Waals surface area contributed by atoms with Gasteiger partial charge in [0.05, 0.1) is 5.02 Å². The van der Waals surface area contributed by atoms with Crippen molar-refractivity contribution < 1.29 is 8.42 Å². The van der Waals surface area contributed by atoms with E-state index in [1.807, 2.05) is 13.8 Å². The lowest BCUT2D eigenvalue weighted by Crippen LogP contribution is -2.14. The van der Waals surface area contributed by atoms with Gasteiger partial charge in [-0.05, 0) is 37.6 Å². The summed E-state index contributed by atoms with van der Waals surface area (Å²) < 4.78 is 26.9. The number of halogens is 1. The number of aromatic nitrogens is 2. The van der Waals surface area contributed by atoms with Crippen molar-refractivity contribution in [1.82, 2.24) is 9.97 Å². The van der Waals surface area contributed by atoms with Gasteiger partial charge < -0.3 is 5.32 Å². The lowest BCUT2D eigenvalue weighted by Gasteiger charge is -2.10. The smallest absolute Gasteiger partial charge is 0.264 e. The van der Waals surface area contributed by atoms with E-state index < -0.39 is 10.0 Å². The molecule has 112 valence electrons. The van der Waals surface area contributed by atoms with E-state index in [-0.39, 0.29) is 15.7 Å². The van der Waals surface area contributed by atoms with Crippen LogP contribution in [0.3, 0.4) is 0 Å². The van der Waals surface area contributed by atoms with Crippen molar-refractivity contribution in [2.24, 2.45) is 0 Å². The summed E-state index contributed by atoms with van der Waals surface area (Å²) in [5, 5.41) is 3.19. The fourth-order valence-electron chi connectivity index (χ4n) is 1.65. The maximum absolute atomic E-state index is 12.3. The summed E-state index contributed by atoms with van der Waals surface area (Å²) in [7, 11) is -3.77. The van der Waals surface area contributed by atoms with E-state index in [0.717, 1.165) is 5.56 Å². The van der Waals surface area contributed by atoms with Crippen LogP contribution >= 0.6 is 11.6 Å². The molecule has 0 bridgehead atoms. The number of rotatable bonds is 5. The molecule has 0 fully saturated rings. The molecule has 0 saturated heterocycles. The first-order valence-electron chi connectivity index (χ1n) is 6.27. The number of anilines is 2. The molecule has 6 nitrogen and oxygen atoms in total. The Kier molecular flexibility index (Phi) is 4.64. The first-order valence-corrected chi connectivity index (χ1v) is 8.13. The maximum Gasteiger partial charge on any atom is 0.264 e. The van der Waals surface area contributed by atoms with Gasteiger partial charge in [-0.3, -0.25) is 4.72 Å². The van der Waals surface area contributed by atoms with Crippen molar-refractivity contribution in [1.29, 1.82) is 0 Å². The molecule has 0 atom stereocenters. The topological polar surface area (TPSA) is 84.0 Å². The van der Waals surface area contributed by atoms with Gasteiger partial charge in [0.1, 0.15) is 16.5 Å². The van der Waals surface area contributed by atoms with E-state index in [0.29, 0.717) is 12.4 Å². The van der Waals surface area contributed by atoms with Crippen LogP contribution in [0.5, 0.6) is 0 Å². The zero-order valence-electron chi connectivity index (χ0n) is 11.6. The Morgan fingerprint density at radius 3 is 2.67 bits per heavy atom. The largest absolute Gasteiger partial charge is 0.369 e. The third-order valence-corrected chi connectivity index (χ3v) is 4.23. The van der Waals surface area contributed by atoms with Crippen molar-refractivity contribution in [3.05, 3.63) is 41.2 Å². The summed E-state index contributed by atoms with van der Waals surface area (Å²) in [5.41, 5.74) is 0.904. The van der Waals surface area contributed by atoms with Gasteiger partial charge in [-0.25, -0.2) is 18.4 Å². The van der Waals surface area contributed by atoms with Gasteiger partial charge in [0.25, 0.3) is 10.0 Å². The molecule has 2 N–H and O–H groups in total. The van der Waals surface area contributed by atoms with Crippen LogP contribution in [0.15, 0.2) is 35.5 Å². The highest BCUT2D eigenvalue weighted by Crippen LogP contribution is 2.23. The maximum atomic E-state index is 12.3. The second-order valence-electron chi connectivity index (χ2n) is 4.36. The predicted octanol–water partition coefficient (Wildman–Crippen LogP) is 2.67. The Hall–Kier alpha value is -1.86. The van der Waals surface area contributed by atoms with Crippen LogP contribution in [0.25, 0.3) is 0 Å². The number of hydrogen-bond acceptors (Lipinski definition) is 5. The molecule has 8 heteroatoms. The Labute approximate surface area is 128 Å². The van der Waals surface area contributed by atoms with Crippen molar-refractivity contribution in [2.45, 2.75) is 18.7 Å². The second-order valence-corrected chi connectivity index (χ2v) is 6.45. The number of aryl methyl sites for hydroxylation is 1. The lowest BCUT2D eigenvalue weighted by atomic mass is 10.3. The molecule has 0 radical (unpaired) electrons. The Morgan fingerprint density at radius 1 is 1.29 bits per heavy atom. The number of hydrogen-bond donors (Lipinski definition) is 2. The molecule has 2 aromatic heterocycles. The van der Waals surface area contributed by atoms with Crippen molar-refractivity contribution >= 4 is 33.3 Å². The van der Waals surface area contributed by atoms with Gasteiger partial charge >= 0.3 is 0 Å². The molecule has 2 aromatic rings. The number of sulfonamides is 1. The Morgan fingerprint density at radius 2 is 2.05 bits per heavy atom. The molecule has 0 aromatic carbocycles. The normalized spacial score (nSPS) is 11.2. The van der Waals surface area contributed by atoms with Crippen LogP contribution in [0.1, 0.15) is 12.5 Å². The molecule has 0 unspecified atom stereocenters. The van der Waals surface area contributed by atoms with Crippen LogP contribution in [0.2, 0.25) is 5.02 Å². The minimum Gasteiger partial charge on any atom is -0.369 e. The molecule has 21 heavy (non-hydrogen) atoms. The minimum absolute atomic E-state index is 0.0162. The molecular formula is C13H15ClN4O2S. The van der Waals surface area contributed by atoms with Crippen molar-refractivity contribution in [2.75, 3.05) is 16.6 Å². The summed E-state index contributed by atoms with van der Waals surface area (Å²) in [5.74, 6) is 0.702. The Balaban J connectivity index is 2.29. The second kappa shape index (κ2) is 6.28. The third-order valence-electron chi connectivity index (χ3n) is 2.62. The summed E-state index contributed by atoms with van der Waals surface area (Å²) in [4.78, 5) is 7.96. The highest BCUT2D eigenvalue weighted by Gasteiger charge is 2.17. The quantitative estimate of drug-likeness (QED) is 0.882. The number of nitrogens with zero attached hydrogens (tertiary/aromatic N) is 2. The van der Waals surface area contributed by atoms with Gasteiger partial charge in [-0.2, -0.15) is 0 Å². The van der Waals surface area contributed by atoms with E-state index in [4.69, 9.17) is 11.6 Å². The van der Waals surface area contributed by atoms with Crippen LogP contribution in [0, 0.1) is 6.92 Å². The van der Waals surface area contributed by atoms with Crippen LogP contribution in [0.4, 0.5) is 11.6 Å². The minimum atomic E-state index is -3.77. The Bertz CT molecular complexity index is 750. The monoisotopic (exact) mass is 326 g/mol. The van der Waals surface area contributed by atoms with Crippen LogP contribution in [-0.4, -0.2) is 24.9 Å². The molecule has 0 saturated carbocycles. The van der Waals surface area contributed by atoms with Crippen molar-refractivity contribution in [3.63, 3.8) is 0 Å². The van der Waals surface area contributed by atoms with E-state index in [9.17, 15) is 8.42 Å². The molecular weight excluding hydrogens is 312 g/mol. The van der Waals surface area contributed by atoms with Gasteiger partial charge in [0.15, 0.2) is 0 Å². The average molecular weight is 327 g/mol. The fraction of sp³-hybridized carbons (Fsp3) is 0.231. The van der Waals surface area contributed by atoms with Crippen molar-refractivity contribution in [3.8, 4) is 0 Å². The first kappa shape index (κ1) is 15.5. The van der Waals surface area contributed by atoms with E-state index in [1.54, 1.807) is 12.1 Å². The first-order chi connectivity index (χ1) is 9.92. The van der Waals surface area contributed by atoms with Gasteiger partial charge in [0.2, 0.25) is 0 Å². The third kappa shape index (κ3) is 3.83. The van der Waals surface area contributed by atoms with Gasteiger partial charge in [-0.15, -0.1) is 0 Å². The van der Waals surface area contributed by atoms with E-state index in [2.05, 4.69) is 20.0 Å². The van der Waals surface area contributed by atoms with E-state index in [1.165, 1.54) is 18.5 Å². The van der Waals surface area contributed by atoms with E-state index >= 15 is 0 Å².